The molecule has 1 aliphatic rings. The van der Waals surface area contributed by atoms with Crippen molar-refractivity contribution in [1.29, 1.82) is 0 Å². The van der Waals surface area contributed by atoms with Gasteiger partial charge in [0.2, 0.25) is 5.91 Å². The highest BCUT2D eigenvalue weighted by atomic mass is 79.9. The van der Waals surface area contributed by atoms with E-state index in [1.54, 1.807) is 0 Å². The van der Waals surface area contributed by atoms with E-state index in [0.29, 0.717) is 6.61 Å². The number of amides is 1. The number of benzene rings is 1. The van der Waals surface area contributed by atoms with Gasteiger partial charge in [-0.05, 0) is 37.0 Å². The van der Waals surface area contributed by atoms with Gasteiger partial charge in [0.15, 0.2) is 0 Å². The molecular weight excluding hydrogens is 294 g/mol. The van der Waals surface area contributed by atoms with E-state index in [1.807, 2.05) is 12.1 Å². The molecule has 1 N–H and O–H groups in total. The van der Waals surface area contributed by atoms with Gasteiger partial charge >= 0.3 is 0 Å². The summed E-state index contributed by atoms with van der Waals surface area (Å²) in [6.45, 7) is 2.04. The van der Waals surface area contributed by atoms with Crippen molar-refractivity contribution in [1.82, 2.24) is 5.32 Å². The first-order valence-electron chi connectivity index (χ1n) is 6.35. The largest absolute Gasteiger partial charge is 0.381 e. The molecule has 0 spiro atoms. The van der Waals surface area contributed by atoms with Crippen molar-refractivity contribution in [2.75, 3.05) is 19.8 Å². The molecule has 0 bridgehead atoms. The molecular formula is C14H18BrNO2. The second-order valence-corrected chi connectivity index (χ2v) is 5.50. The second kappa shape index (κ2) is 6.90. The fourth-order valence-electron chi connectivity index (χ4n) is 2.08. The van der Waals surface area contributed by atoms with Crippen LogP contribution >= 0.6 is 15.9 Å². The Morgan fingerprint density at radius 1 is 1.50 bits per heavy atom. The smallest absolute Gasteiger partial charge is 0.225 e. The molecule has 1 heterocycles. The zero-order valence-corrected chi connectivity index (χ0v) is 11.9. The van der Waals surface area contributed by atoms with Crippen LogP contribution in [0.3, 0.4) is 0 Å². The van der Waals surface area contributed by atoms with Gasteiger partial charge in [0, 0.05) is 17.6 Å². The molecule has 1 amide bonds. The van der Waals surface area contributed by atoms with Crippen molar-refractivity contribution < 1.29 is 9.53 Å². The van der Waals surface area contributed by atoms with Crippen LogP contribution in [0.15, 0.2) is 28.7 Å². The number of hydrogen-bond acceptors (Lipinski definition) is 2. The SMILES string of the molecule is O=C(NCCCc1cccc(Br)c1)C1CCOC1. The van der Waals surface area contributed by atoms with Crippen LogP contribution in [-0.4, -0.2) is 25.7 Å². The van der Waals surface area contributed by atoms with Crippen LogP contribution in [0.1, 0.15) is 18.4 Å². The molecule has 1 aliphatic heterocycles. The molecule has 1 aromatic rings. The molecule has 0 saturated carbocycles. The zero-order chi connectivity index (χ0) is 12.8. The van der Waals surface area contributed by atoms with Gasteiger partial charge < -0.3 is 10.1 Å². The number of aryl methyl sites for hydroxylation is 1. The summed E-state index contributed by atoms with van der Waals surface area (Å²) in [6, 6.07) is 8.28. The molecule has 98 valence electrons. The number of carbonyl (C=O) groups is 1. The maximum absolute atomic E-state index is 11.7. The topological polar surface area (TPSA) is 38.3 Å². The molecule has 1 aromatic carbocycles. The molecule has 18 heavy (non-hydrogen) atoms. The Kier molecular flexibility index (Phi) is 5.20. The Hall–Kier alpha value is -0.870. The van der Waals surface area contributed by atoms with Crippen molar-refractivity contribution in [3.8, 4) is 0 Å². The van der Waals surface area contributed by atoms with Gasteiger partial charge in [-0.15, -0.1) is 0 Å². The van der Waals surface area contributed by atoms with E-state index in [0.717, 1.165) is 36.9 Å². The summed E-state index contributed by atoms with van der Waals surface area (Å²) >= 11 is 3.46. The van der Waals surface area contributed by atoms with E-state index >= 15 is 0 Å². The van der Waals surface area contributed by atoms with Crippen LogP contribution in [0, 0.1) is 5.92 Å². The Labute approximate surface area is 116 Å². The average molecular weight is 312 g/mol. The summed E-state index contributed by atoms with van der Waals surface area (Å²) in [5.41, 5.74) is 1.29. The van der Waals surface area contributed by atoms with Gasteiger partial charge in [-0.25, -0.2) is 0 Å². The third-order valence-electron chi connectivity index (χ3n) is 3.13. The lowest BCUT2D eigenvalue weighted by Gasteiger charge is -2.09. The summed E-state index contributed by atoms with van der Waals surface area (Å²) < 4.78 is 6.30. The summed E-state index contributed by atoms with van der Waals surface area (Å²) in [5.74, 6) is 0.206. The Balaban J connectivity index is 1.65. The Morgan fingerprint density at radius 2 is 2.39 bits per heavy atom. The predicted octanol–water partition coefficient (Wildman–Crippen LogP) is 2.53. The second-order valence-electron chi connectivity index (χ2n) is 4.59. The molecule has 3 nitrogen and oxygen atoms in total. The molecule has 0 aliphatic carbocycles. The van der Waals surface area contributed by atoms with E-state index < -0.39 is 0 Å². The van der Waals surface area contributed by atoms with E-state index in [4.69, 9.17) is 4.74 Å². The van der Waals surface area contributed by atoms with Gasteiger partial charge in [0.25, 0.3) is 0 Å². The predicted molar refractivity (Wildman–Crippen MR) is 74.4 cm³/mol. The molecule has 1 fully saturated rings. The first-order chi connectivity index (χ1) is 8.75. The summed E-state index contributed by atoms with van der Waals surface area (Å²) in [4.78, 5) is 11.7. The molecule has 0 radical (unpaired) electrons. The standard InChI is InChI=1S/C14H18BrNO2/c15-13-5-1-3-11(9-13)4-2-7-16-14(17)12-6-8-18-10-12/h1,3,5,9,12H,2,4,6-8,10H2,(H,16,17). The van der Waals surface area contributed by atoms with Crippen LogP contribution in [0.5, 0.6) is 0 Å². The molecule has 1 saturated heterocycles. The van der Waals surface area contributed by atoms with Crippen molar-refractivity contribution in [3.63, 3.8) is 0 Å². The summed E-state index contributed by atoms with van der Waals surface area (Å²) in [7, 11) is 0. The molecule has 4 heteroatoms. The number of halogens is 1. The Morgan fingerprint density at radius 3 is 3.11 bits per heavy atom. The first-order valence-corrected chi connectivity index (χ1v) is 7.15. The van der Waals surface area contributed by atoms with Crippen LogP contribution in [0.25, 0.3) is 0 Å². The molecule has 0 aromatic heterocycles. The van der Waals surface area contributed by atoms with Gasteiger partial charge in [-0.2, -0.15) is 0 Å². The van der Waals surface area contributed by atoms with Crippen molar-refractivity contribution in [3.05, 3.63) is 34.3 Å². The van der Waals surface area contributed by atoms with Crippen molar-refractivity contribution in [2.45, 2.75) is 19.3 Å². The van der Waals surface area contributed by atoms with Crippen LogP contribution in [0.2, 0.25) is 0 Å². The minimum absolute atomic E-state index is 0.0656. The maximum atomic E-state index is 11.7. The van der Waals surface area contributed by atoms with Gasteiger partial charge in [0.1, 0.15) is 0 Å². The van der Waals surface area contributed by atoms with Crippen LogP contribution in [0.4, 0.5) is 0 Å². The van der Waals surface area contributed by atoms with E-state index in [9.17, 15) is 4.79 Å². The number of ether oxygens (including phenoxy) is 1. The normalized spacial score (nSPS) is 18.8. The maximum Gasteiger partial charge on any atom is 0.225 e. The van der Waals surface area contributed by atoms with Crippen LogP contribution < -0.4 is 5.32 Å². The van der Waals surface area contributed by atoms with E-state index in [-0.39, 0.29) is 11.8 Å². The van der Waals surface area contributed by atoms with E-state index in [2.05, 4.69) is 33.4 Å². The molecule has 1 atom stereocenters. The quantitative estimate of drug-likeness (QED) is 0.849. The number of carbonyl (C=O) groups excluding carboxylic acids is 1. The minimum Gasteiger partial charge on any atom is -0.381 e. The van der Waals surface area contributed by atoms with Crippen molar-refractivity contribution in [2.24, 2.45) is 5.92 Å². The minimum atomic E-state index is 0.0656. The number of hydrogen-bond donors (Lipinski definition) is 1. The number of rotatable bonds is 5. The summed E-state index contributed by atoms with van der Waals surface area (Å²) in [5, 5.41) is 2.98. The molecule has 2 rings (SSSR count). The first kappa shape index (κ1) is 13.6. The third kappa shape index (κ3) is 4.10. The lowest BCUT2D eigenvalue weighted by molar-refractivity contribution is -0.124. The van der Waals surface area contributed by atoms with Crippen LogP contribution in [-0.2, 0) is 16.0 Å². The fraction of sp³-hybridized carbons (Fsp3) is 0.500. The van der Waals surface area contributed by atoms with Gasteiger partial charge in [0.05, 0.1) is 12.5 Å². The number of nitrogens with one attached hydrogen (secondary N) is 1. The zero-order valence-electron chi connectivity index (χ0n) is 10.3. The lowest BCUT2D eigenvalue weighted by atomic mass is 10.1. The molecule has 1 unspecified atom stereocenters. The van der Waals surface area contributed by atoms with Gasteiger partial charge in [-0.1, -0.05) is 28.1 Å². The highest BCUT2D eigenvalue weighted by Gasteiger charge is 2.22. The Bertz CT molecular complexity index is 403. The summed E-state index contributed by atoms with van der Waals surface area (Å²) in [6.07, 6.45) is 2.81. The lowest BCUT2D eigenvalue weighted by Crippen LogP contribution is -2.31. The van der Waals surface area contributed by atoms with Crippen molar-refractivity contribution >= 4 is 21.8 Å². The fourth-order valence-corrected chi connectivity index (χ4v) is 2.53. The monoisotopic (exact) mass is 311 g/mol. The third-order valence-corrected chi connectivity index (χ3v) is 3.62. The highest BCUT2D eigenvalue weighted by Crippen LogP contribution is 2.13. The van der Waals surface area contributed by atoms with E-state index in [1.165, 1.54) is 5.56 Å². The average Bonchev–Trinajstić information content (AvgIpc) is 2.88. The van der Waals surface area contributed by atoms with Gasteiger partial charge in [-0.3, -0.25) is 4.79 Å². The highest BCUT2D eigenvalue weighted by molar-refractivity contribution is 9.10.